The fraction of sp³-hybridized carbons (Fsp3) is 0.481. The van der Waals surface area contributed by atoms with Crippen LogP contribution >= 0.6 is 11.6 Å². The van der Waals surface area contributed by atoms with Gasteiger partial charge in [-0.1, -0.05) is 69.2 Å². The molecule has 0 aliphatic heterocycles. The van der Waals surface area contributed by atoms with Crippen molar-refractivity contribution < 1.29 is 4.79 Å². The molecule has 0 radical (unpaired) electrons. The first-order valence-electron chi connectivity index (χ1n) is 12.2. The molecule has 0 aliphatic carbocycles. The van der Waals surface area contributed by atoms with Crippen molar-refractivity contribution in [1.82, 2.24) is 14.9 Å². The Hall–Kier alpha value is -2.33. The van der Waals surface area contributed by atoms with E-state index < -0.39 is 0 Å². The van der Waals surface area contributed by atoms with Crippen LogP contribution in [0.2, 0.25) is 5.02 Å². The number of nitrogens with zero attached hydrogens (tertiary/aromatic N) is 2. The lowest BCUT2D eigenvalue weighted by atomic mass is 10.1. The number of unbranched alkanes of at least 4 members (excludes halogenated alkanes) is 7. The highest BCUT2D eigenvalue weighted by atomic mass is 35.5. The molecule has 0 spiro atoms. The summed E-state index contributed by atoms with van der Waals surface area (Å²) in [6.45, 7) is 4.01. The van der Waals surface area contributed by atoms with Crippen molar-refractivity contribution in [2.75, 3.05) is 6.54 Å². The molecule has 0 bridgehead atoms. The molecular weight excluding hydrogens is 418 g/mol. The molecule has 3 aromatic rings. The van der Waals surface area contributed by atoms with E-state index in [0.29, 0.717) is 17.1 Å². The van der Waals surface area contributed by atoms with Gasteiger partial charge in [-0.3, -0.25) is 4.79 Å². The van der Waals surface area contributed by atoms with Gasteiger partial charge in [-0.05, 0) is 55.7 Å². The Balaban J connectivity index is 1.42. The lowest BCUT2D eigenvalue weighted by molar-refractivity contribution is 0.0953. The summed E-state index contributed by atoms with van der Waals surface area (Å²) in [4.78, 5) is 17.1. The molecule has 0 saturated heterocycles. The summed E-state index contributed by atoms with van der Waals surface area (Å²) in [5.41, 5.74) is 3.01. The summed E-state index contributed by atoms with van der Waals surface area (Å²) in [6, 6.07) is 15.5. The average molecular weight is 454 g/mol. The molecule has 1 amide bonds. The Morgan fingerprint density at radius 3 is 2.44 bits per heavy atom. The van der Waals surface area contributed by atoms with E-state index in [1.165, 1.54) is 49.9 Å². The Morgan fingerprint density at radius 2 is 1.62 bits per heavy atom. The van der Waals surface area contributed by atoms with Gasteiger partial charge in [-0.2, -0.15) is 0 Å². The molecule has 0 saturated carbocycles. The van der Waals surface area contributed by atoms with E-state index in [-0.39, 0.29) is 5.91 Å². The lowest BCUT2D eigenvalue weighted by Gasteiger charge is -2.10. The van der Waals surface area contributed by atoms with Crippen LogP contribution in [-0.2, 0) is 13.0 Å². The van der Waals surface area contributed by atoms with E-state index in [2.05, 4.69) is 41.1 Å². The third-order valence-corrected chi connectivity index (χ3v) is 6.19. The molecule has 1 heterocycles. The summed E-state index contributed by atoms with van der Waals surface area (Å²) in [6.07, 6.45) is 11.9. The first kappa shape index (κ1) is 24.3. The normalized spacial score (nSPS) is 11.2. The number of halogens is 1. The van der Waals surface area contributed by atoms with Crippen LogP contribution in [0.15, 0.2) is 48.5 Å². The number of carbonyl (C=O) groups excluding carboxylic acids is 1. The van der Waals surface area contributed by atoms with Crippen LogP contribution in [0.1, 0.15) is 80.9 Å². The second kappa shape index (κ2) is 13.3. The zero-order chi connectivity index (χ0) is 22.6. The maximum atomic E-state index is 12.2. The van der Waals surface area contributed by atoms with Crippen LogP contribution < -0.4 is 5.32 Å². The summed E-state index contributed by atoms with van der Waals surface area (Å²) < 4.78 is 2.43. The third-order valence-electron chi connectivity index (χ3n) is 5.94. The summed E-state index contributed by atoms with van der Waals surface area (Å²) >= 11 is 5.88. The summed E-state index contributed by atoms with van der Waals surface area (Å²) in [5.74, 6) is 1.16. The molecule has 1 aromatic heterocycles. The van der Waals surface area contributed by atoms with Crippen molar-refractivity contribution in [2.24, 2.45) is 0 Å². The minimum atomic E-state index is -0.0394. The number of carbonyl (C=O) groups is 1. The molecule has 5 heteroatoms. The van der Waals surface area contributed by atoms with Gasteiger partial charge >= 0.3 is 0 Å². The van der Waals surface area contributed by atoms with E-state index in [9.17, 15) is 4.79 Å². The molecule has 0 aliphatic rings. The first-order valence-corrected chi connectivity index (χ1v) is 12.5. The fourth-order valence-corrected chi connectivity index (χ4v) is 4.23. The molecule has 3 rings (SSSR count). The quantitative estimate of drug-likeness (QED) is 0.262. The SMILES string of the molecule is CCCCCCCCn1c(CCCCCNC(=O)c2ccc(Cl)cc2)nc2ccccc21. The lowest BCUT2D eigenvalue weighted by Crippen LogP contribution is -2.24. The first-order chi connectivity index (χ1) is 15.7. The highest BCUT2D eigenvalue weighted by molar-refractivity contribution is 6.30. The maximum Gasteiger partial charge on any atom is 0.251 e. The van der Waals surface area contributed by atoms with Crippen molar-refractivity contribution >= 4 is 28.5 Å². The van der Waals surface area contributed by atoms with Crippen molar-refractivity contribution in [1.29, 1.82) is 0 Å². The molecule has 172 valence electrons. The van der Waals surface area contributed by atoms with Crippen LogP contribution in [0.3, 0.4) is 0 Å². The van der Waals surface area contributed by atoms with Crippen LogP contribution in [0.25, 0.3) is 11.0 Å². The van der Waals surface area contributed by atoms with Crippen molar-refractivity contribution in [3.05, 3.63) is 64.9 Å². The van der Waals surface area contributed by atoms with Gasteiger partial charge in [0.05, 0.1) is 11.0 Å². The van der Waals surface area contributed by atoms with Gasteiger partial charge in [0.25, 0.3) is 5.91 Å². The molecule has 1 N–H and O–H groups in total. The van der Waals surface area contributed by atoms with Gasteiger partial charge in [0, 0.05) is 30.1 Å². The standard InChI is InChI=1S/C27H36ClN3O/c1-2-3-4-5-6-12-21-31-25-14-10-9-13-24(25)30-26(31)15-8-7-11-20-29-27(32)22-16-18-23(28)19-17-22/h9-10,13-14,16-19H,2-8,11-12,15,20-21H2,1H3,(H,29,32). The molecule has 2 aromatic carbocycles. The number of hydrogen-bond acceptors (Lipinski definition) is 2. The number of para-hydroxylation sites is 2. The van der Waals surface area contributed by atoms with E-state index in [4.69, 9.17) is 16.6 Å². The van der Waals surface area contributed by atoms with Gasteiger partial charge in [-0.15, -0.1) is 0 Å². The number of rotatable bonds is 14. The Kier molecular flexibility index (Phi) is 10.1. The largest absolute Gasteiger partial charge is 0.352 e. The topological polar surface area (TPSA) is 46.9 Å². The number of nitrogens with one attached hydrogen (secondary N) is 1. The maximum absolute atomic E-state index is 12.2. The van der Waals surface area contributed by atoms with Gasteiger partial charge in [-0.25, -0.2) is 4.98 Å². The summed E-state index contributed by atoms with van der Waals surface area (Å²) in [7, 11) is 0. The van der Waals surface area contributed by atoms with Gasteiger partial charge in [0.15, 0.2) is 0 Å². The fourth-order valence-electron chi connectivity index (χ4n) is 4.11. The highest BCUT2D eigenvalue weighted by Gasteiger charge is 2.10. The minimum absolute atomic E-state index is 0.0394. The van der Waals surface area contributed by atoms with Crippen molar-refractivity contribution in [3.8, 4) is 0 Å². The van der Waals surface area contributed by atoms with Crippen molar-refractivity contribution in [2.45, 2.75) is 77.7 Å². The van der Waals surface area contributed by atoms with Crippen LogP contribution in [0, 0.1) is 0 Å². The number of aromatic nitrogens is 2. The number of hydrogen-bond donors (Lipinski definition) is 1. The predicted molar refractivity (Wildman–Crippen MR) is 134 cm³/mol. The smallest absolute Gasteiger partial charge is 0.251 e. The Morgan fingerprint density at radius 1 is 0.906 bits per heavy atom. The van der Waals surface area contributed by atoms with Crippen LogP contribution in [0.4, 0.5) is 0 Å². The minimum Gasteiger partial charge on any atom is -0.352 e. The zero-order valence-electron chi connectivity index (χ0n) is 19.3. The van der Waals surface area contributed by atoms with E-state index in [0.717, 1.165) is 37.7 Å². The zero-order valence-corrected chi connectivity index (χ0v) is 20.0. The second-order valence-electron chi connectivity index (χ2n) is 8.51. The summed E-state index contributed by atoms with van der Waals surface area (Å²) in [5, 5.41) is 3.64. The van der Waals surface area contributed by atoms with Gasteiger partial charge in [0.1, 0.15) is 5.82 Å². The average Bonchev–Trinajstić information content (AvgIpc) is 3.16. The van der Waals surface area contributed by atoms with Gasteiger partial charge in [0.2, 0.25) is 0 Å². The molecule has 0 unspecified atom stereocenters. The predicted octanol–water partition coefficient (Wildman–Crippen LogP) is 7.19. The Labute approximate surface area is 197 Å². The molecule has 0 fully saturated rings. The van der Waals surface area contributed by atoms with Crippen LogP contribution in [-0.4, -0.2) is 22.0 Å². The van der Waals surface area contributed by atoms with E-state index in [1.54, 1.807) is 24.3 Å². The van der Waals surface area contributed by atoms with Crippen LogP contribution in [0.5, 0.6) is 0 Å². The number of imidazole rings is 1. The highest BCUT2D eigenvalue weighted by Crippen LogP contribution is 2.19. The van der Waals surface area contributed by atoms with Gasteiger partial charge < -0.3 is 9.88 Å². The number of benzene rings is 2. The Bertz CT molecular complexity index is 965. The third kappa shape index (κ3) is 7.37. The monoisotopic (exact) mass is 453 g/mol. The molecule has 0 atom stereocenters. The molecular formula is C27H36ClN3O. The molecule has 4 nitrogen and oxygen atoms in total. The number of fused-ring (bicyclic) bond motifs is 1. The van der Waals surface area contributed by atoms with E-state index >= 15 is 0 Å². The number of aryl methyl sites for hydroxylation is 2. The second-order valence-corrected chi connectivity index (χ2v) is 8.95. The van der Waals surface area contributed by atoms with E-state index in [1.807, 2.05) is 0 Å². The number of amides is 1. The molecule has 32 heavy (non-hydrogen) atoms. The van der Waals surface area contributed by atoms with Crippen molar-refractivity contribution in [3.63, 3.8) is 0 Å².